The second kappa shape index (κ2) is 4.62. The van der Waals surface area contributed by atoms with Crippen molar-refractivity contribution < 1.29 is 4.79 Å². The average Bonchev–Trinajstić information content (AvgIpc) is 2.48. The molecular weight excluding hydrogens is 188 g/mol. The molecule has 3 heteroatoms. The zero-order valence-electron chi connectivity index (χ0n) is 9.91. The normalized spacial score (nSPS) is 34.9. The summed E-state index contributed by atoms with van der Waals surface area (Å²) in [5.41, 5.74) is 0. The van der Waals surface area contributed by atoms with Gasteiger partial charge in [0.25, 0.3) is 0 Å². The maximum Gasteiger partial charge on any atom is 0.151 e. The van der Waals surface area contributed by atoms with E-state index in [1.807, 2.05) is 6.92 Å². The van der Waals surface area contributed by atoms with Crippen molar-refractivity contribution in [3.63, 3.8) is 0 Å². The monoisotopic (exact) mass is 210 g/mol. The number of hydrogen-bond acceptors (Lipinski definition) is 3. The minimum Gasteiger partial charge on any atom is -0.302 e. The van der Waals surface area contributed by atoms with Gasteiger partial charge in [0.15, 0.2) is 5.78 Å². The number of likely N-dealkylation sites (tertiary alicyclic amines) is 2. The van der Waals surface area contributed by atoms with E-state index in [1.54, 1.807) is 0 Å². The van der Waals surface area contributed by atoms with Crippen LogP contribution < -0.4 is 0 Å². The molecule has 86 valence electrons. The maximum absolute atomic E-state index is 11.6. The highest BCUT2D eigenvalue weighted by Gasteiger charge is 2.35. The smallest absolute Gasteiger partial charge is 0.151 e. The van der Waals surface area contributed by atoms with Crippen LogP contribution in [0.25, 0.3) is 0 Å². The lowest BCUT2D eigenvalue weighted by atomic mass is 10.1. The third kappa shape index (κ3) is 2.40. The van der Waals surface area contributed by atoms with Gasteiger partial charge in [0.1, 0.15) is 0 Å². The van der Waals surface area contributed by atoms with E-state index in [4.69, 9.17) is 0 Å². The van der Waals surface area contributed by atoms with Crippen molar-refractivity contribution in [3.8, 4) is 0 Å². The number of carbonyl (C=O) groups excluding carboxylic acids is 1. The fourth-order valence-corrected chi connectivity index (χ4v) is 2.72. The average molecular weight is 210 g/mol. The van der Waals surface area contributed by atoms with Crippen molar-refractivity contribution in [1.82, 2.24) is 9.80 Å². The molecule has 0 bridgehead atoms. The van der Waals surface area contributed by atoms with Crippen LogP contribution in [0.15, 0.2) is 0 Å². The third-order valence-electron chi connectivity index (χ3n) is 4.01. The van der Waals surface area contributed by atoms with Crippen LogP contribution in [0.2, 0.25) is 0 Å². The number of rotatable bonds is 2. The highest BCUT2D eigenvalue weighted by Crippen LogP contribution is 2.20. The van der Waals surface area contributed by atoms with E-state index >= 15 is 0 Å². The Balaban J connectivity index is 1.86. The van der Waals surface area contributed by atoms with Gasteiger partial charge in [-0.2, -0.15) is 0 Å². The zero-order chi connectivity index (χ0) is 10.8. The summed E-state index contributed by atoms with van der Waals surface area (Å²) in [6, 6.07) is 0.602. The molecule has 0 spiro atoms. The van der Waals surface area contributed by atoms with Crippen LogP contribution in [0, 0.1) is 0 Å². The highest BCUT2D eigenvalue weighted by atomic mass is 16.1. The SMILES string of the molecule is CC1C(=O)CC(CN2CCCCC2)N1C. The summed E-state index contributed by atoms with van der Waals surface area (Å²) in [5.74, 6) is 0.416. The van der Waals surface area contributed by atoms with Crippen LogP contribution in [-0.2, 0) is 4.79 Å². The maximum atomic E-state index is 11.6. The molecule has 0 amide bonds. The number of nitrogens with zero attached hydrogens (tertiary/aromatic N) is 2. The van der Waals surface area contributed by atoms with Crippen molar-refractivity contribution in [3.05, 3.63) is 0 Å². The summed E-state index contributed by atoms with van der Waals surface area (Å²) in [7, 11) is 2.09. The van der Waals surface area contributed by atoms with Crippen LogP contribution in [0.3, 0.4) is 0 Å². The predicted octanol–water partition coefficient (Wildman–Crippen LogP) is 1.13. The van der Waals surface area contributed by atoms with Crippen LogP contribution >= 0.6 is 0 Å². The van der Waals surface area contributed by atoms with E-state index in [9.17, 15) is 4.79 Å². The number of carbonyl (C=O) groups is 1. The largest absolute Gasteiger partial charge is 0.302 e. The zero-order valence-corrected chi connectivity index (χ0v) is 9.91. The third-order valence-corrected chi connectivity index (χ3v) is 4.01. The molecule has 2 saturated heterocycles. The van der Waals surface area contributed by atoms with Crippen molar-refractivity contribution in [2.75, 3.05) is 26.7 Å². The van der Waals surface area contributed by atoms with Crippen molar-refractivity contribution in [2.45, 2.75) is 44.7 Å². The molecule has 15 heavy (non-hydrogen) atoms. The summed E-state index contributed by atoms with van der Waals surface area (Å²) in [6.07, 6.45) is 4.81. The van der Waals surface area contributed by atoms with E-state index < -0.39 is 0 Å². The fraction of sp³-hybridized carbons (Fsp3) is 0.917. The molecule has 2 unspecified atom stereocenters. The Hall–Kier alpha value is -0.410. The van der Waals surface area contributed by atoms with E-state index in [2.05, 4.69) is 16.8 Å². The molecule has 0 aromatic heterocycles. The van der Waals surface area contributed by atoms with Crippen LogP contribution in [-0.4, -0.2) is 54.3 Å². The van der Waals surface area contributed by atoms with Crippen LogP contribution in [0.1, 0.15) is 32.6 Å². The molecule has 3 nitrogen and oxygen atoms in total. The van der Waals surface area contributed by atoms with Gasteiger partial charge in [0.05, 0.1) is 6.04 Å². The molecule has 0 aromatic carbocycles. The standard InChI is InChI=1S/C12H22N2O/c1-10-12(15)8-11(13(10)2)9-14-6-4-3-5-7-14/h10-11H,3-9H2,1-2H3. The molecule has 2 aliphatic heterocycles. The Bertz CT molecular complexity index is 236. The lowest BCUT2D eigenvalue weighted by Gasteiger charge is -2.31. The number of hydrogen-bond donors (Lipinski definition) is 0. The van der Waals surface area contributed by atoms with Crippen LogP contribution in [0.5, 0.6) is 0 Å². The lowest BCUT2D eigenvalue weighted by Crippen LogP contribution is -2.42. The van der Waals surface area contributed by atoms with E-state index in [1.165, 1.54) is 32.4 Å². The second-order valence-corrected chi connectivity index (χ2v) is 5.03. The molecule has 0 saturated carbocycles. The summed E-state index contributed by atoms with van der Waals surface area (Å²) >= 11 is 0. The summed E-state index contributed by atoms with van der Waals surface area (Å²) < 4.78 is 0. The van der Waals surface area contributed by atoms with Gasteiger partial charge in [-0.1, -0.05) is 6.42 Å². The molecule has 2 aliphatic rings. The van der Waals surface area contributed by atoms with Gasteiger partial charge in [-0.3, -0.25) is 9.69 Å². The predicted molar refractivity (Wildman–Crippen MR) is 60.9 cm³/mol. The minimum absolute atomic E-state index is 0.139. The van der Waals surface area contributed by atoms with E-state index in [-0.39, 0.29) is 6.04 Å². The van der Waals surface area contributed by atoms with Gasteiger partial charge < -0.3 is 4.90 Å². The first-order valence-electron chi connectivity index (χ1n) is 6.15. The molecule has 2 fully saturated rings. The first-order valence-corrected chi connectivity index (χ1v) is 6.15. The summed E-state index contributed by atoms with van der Waals surface area (Å²) in [4.78, 5) is 16.3. The van der Waals surface area contributed by atoms with E-state index in [0.29, 0.717) is 11.8 Å². The van der Waals surface area contributed by atoms with Gasteiger partial charge in [-0.15, -0.1) is 0 Å². The highest BCUT2D eigenvalue weighted by molar-refractivity contribution is 5.86. The van der Waals surface area contributed by atoms with Crippen molar-refractivity contribution in [1.29, 1.82) is 0 Å². The van der Waals surface area contributed by atoms with Gasteiger partial charge in [-0.25, -0.2) is 0 Å². The molecule has 2 rings (SSSR count). The van der Waals surface area contributed by atoms with E-state index in [0.717, 1.165) is 13.0 Å². The van der Waals surface area contributed by atoms with Crippen molar-refractivity contribution in [2.24, 2.45) is 0 Å². The van der Waals surface area contributed by atoms with Gasteiger partial charge >= 0.3 is 0 Å². The lowest BCUT2D eigenvalue weighted by molar-refractivity contribution is -0.119. The van der Waals surface area contributed by atoms with Crippen molar-refractivity contribution >= 4 is 5.78 Å². The number of likely N-dealkylation sites (N-methyl/N-ethyl adjacent to an activating group) is 1. The number of ketones is 1. The fourth-order valence-electron chi connectivity index (χ4n) is 2.72. The first kappa shape index (κ1) is 11.1. The summed E-state index contributed by atoms with van der Waals surface area (Å²) in [6.45, 7) is 5.57. The number of piperidine rings is 1. The quantitative estimate of drug-likeness (QED) is 0.683. The van der Waals surface area contributed by atoms with Gasteiger partial charge in [0.2, 0.25) is 0 Å². The van der Waals surface area contributed by atoms with Gasteiger partial charge in [0, 0.05) is 19.0 Å². The van der Waals surface area contributed by atoms with Gasteiger partial charge in [-0.05, 0) is 39.9 Å². The summed E-state index contributed by atoms with van der Waals surface area (Å²) in [5, 5.41) is 0. The topological polar surface area (TPSA) is 23.6 Å². The molecule has 0 N–H and O–H groups in total. The Morgan fingerprint density at radius 3 is 2.47 bits per heavy atom. The Labute approximate surface area is 92.4 Å². The Morgan fingerprint density at radius 1 is 1.27 bits per heavy atom. The molecule has 0 aromatic rings. The first-order chi connectivity index (χ1) is 7.18. The molecular formula is C12H22N2O. The number of Topliss-reactive ketones (excluding diaryl/α,β-unsaturated/α-hetero) is 1. The molecule has 2 heterocycles. The second-order valence-electron chi connectivity index (χ2n) is 5.03. The Morgan fingerprint density at radius 2 is 1.93 bits per heavy atom. The molecule has 0 aliphatic carbocycles. The minimum atomic E-state index is 0.139. The molecule has 2 atom stereocenters. The van der Waals surface area contributed by atoms with Crippen LogP contribution in [0.4, 0.5) is 0 Å². The Kier molecular flexibility index (Phi) is 3.42. The molecule has 0 radical (unpaired) electrons.